The van der Waals surface area contributed by atoms with Gasteiger partial charge in [0.15, 0.2) is 0 Å². The summed E-state index contributed by atoms with van der Waals surface area (Å²) in [7, 11) is 0. The van der Waals surface area contributed by atoms with E-state index in [0.29, 0.717) is 4.47 Å². The number of halogens is 2. The molecule has 2 rings (SSSR count). The Bertz CT molecular complexity index is 598. The smallest absolute Gasteiger partial charge is 0.137 e. The summed E-state index contributed by atoms with van der Waals surface area (Å²) < 4.78 is 14.0. The number of hydrogen-bond acceptors (Lipinski definition) is 1. The SMILES string of the molecule is CCCNC(c1cccc(CC)c1)c1ccc(F)c(Br)c1. The molecule has 0 aromatic heterocycles. The van der Waals surface area contributed by atoms with Gasteiger partial charge in [-0.1, -0.05) is 44.2 Å². The molecular formula is C18H21BrFN. The van der Waals surface area contributed by atoms with Gasteiger partial charge in [-0.05, 0) is 64.1 Å². The summed E-state index contributed by atoms with van der Waals surface area (Å²) in [6.07, 6.45) is 2.08. The highest BCUT2D eigenvalue weighted by Gasteiger charge is 2.15. The molecule has 0 fully saturated rings. The van der Waals surface area contributed by atoms with Gasteiger partial charge in [0, 0.05) is 0 Å². The Balaban J connectivity index is 2.38. The van der Waals surface area contributed by atoms with Crippen molar-refractivity contribution in [2.45, 2.75) is 32.7 Å². The predicted octanol–water partition coefficient (Wildman–Crippen LogP) is 5.24. The van der Waals surface area contributed by atoms with Gasteiger partial charge in [0.05, 0.1) is 10.5 Å². The lowest BCUT2D eigenvalue weighted by atomic mass is 9.96. The molecule has 1 nitrogen and oxygen atoms in total. The summed E-state index contributed by atoms with van der Waals surface area (Å²) in [6.45, 7) is 5.23. The van der Waals surface area contributed by atoms with Gasteiger partial charge in [0.2, 0.25) is 0 Å². The minimum atomic E-state index is -0.227. The highest BCUT2D eigenvalue weighted by atomic mass is 79.9. The fourth-order valence-electron chi connectivity index (χ4n) is 2.40. The van der Waals surface area contributed by atoms with Crippen molar-refractivity contribution in [2.75, 3.05) is 6.54 Å². The maximum Gasteiger partial charge on any atom is 0.137 e. The van der Waals surface area contributed by atoms with Crippen molar-refractivity contribution in [1.29, 1.82) is 0 Å². The van der Waals surface area contributed by atoms with Crippen LogP contribution in [-0.4, -0.2) is 6.54 Å². The lowest BCUT2D eigenvalue weighted by molar-refractivity contribution is 0.590. The second-order valence-electron chi connectivity index (χ2n) is 5.16. The molecule has 0 radical (unpaired) electrons. The van der Waals surface area contributed by atoms with Crippen molar-refractivity contribution in [3.8, 4) is 0 Å². The van der Waals surface area contributed by atoms with E-state index in [0.717, 1.165) is 24.9 Å². The Morgan fingerprint density at radius 2 is 1.86 bits per heavy atom. The number of hydrogen-bond donors (Lipinski definition) is 1. The van der Waals surface area contributed by atoms with Crippen LogP contribution in [0, 0.1) is 5.82 Å². The first-order valence-electron chi connectivity index (χ1n) is 7.42. The van der Waals surface area contributed by atoms with Gasteiger partial charge in [-0.15, -0.1) is 0 Å². The second-order valence-corrected chi connectivity index (χ2v) is 6.01. The van der Waals surface area contributed by atoms with Crippen LogP contribution in [0.3, 0.4) is 0 Å². The summed E-state index contributed by atoms with van der Waals surface area (Å²) >= 11 is 3.28. The zero-order valence-corrected chi connectivity index (χ0v) is 14.1. The molecule has 0 spiro atoms. The molecule has 0 saturated heterocycles. The van der Waals surface area contributed by atoms with E-state index in [-0.39, 0.29) is 11.9 Å². The highest BCUT2D eigenvalue weighted by molar-refractivity contribution is 9.10. The number of nitrogens with one attached hydrogen (secondary N) is 1. The van der Waals surface area contributed by atoms with Crippen molar-refractivity contribution in [3.05, 3.63) is 69.4 Å². The van der Waals surface area contributed by atoms with E-state index >= 15 is 0 Å². The molecule has 1 N–H and O–H groups in total. The molecule has 2 aromatic rings. The fourth-order valence-corrected chi connectivity index (χ4v) is 2.80. The Kier molecular flexibility index (Phi) is 5.95. The van der Waals surface area contributed by atoms with Gasteiger partial charge in [0.25, 0.3) is 0 Å². The normalized spacial score (nSPS) is 12.4. The number of aryl methyl sites for hydroxylation is 1. The van der Waals surface area contributed by atoms with Gasteiger partial charge in [-0.2, -0.15) is 0 Å². The summed E-state index contributed by atoms with van der Waals surface area (Å²) in [5, 5.41) is 3.56. The van der Waals surface area contributed by atoms with E-state index in [1.54, 1.807) is 0 Å². The first kappa shape index (κ1) is 16.2. The predicted molar refractivity (Wildman–Crippen MR) is 90.1 cm³/mol. The Labute approximate surface area is 134 Å². The summed E-state index contributed by atoms with van der Waals surface area (Å²) in [6, 6.07) is 13.9. The van der Waals surface area contributed by atoms with Gasteiger partial charge >= 0.3 is 0 Å². The third kappa shape index (κ3) is 4.14. The largest absolute Gasteiger partial charge is 0.306 e. The van der Waals surface area contributed by atoms with Gasteiger partial charge in [0.1, 0.15) is 5.82 Å². The maximum atomic E-state index is 13.5. The van der Waals surface area contributed by atoms with Gasteiger partial charge in [-0.3, -0.25) is 0 Å². The van der Waals surface area contributed by atoms with Crippen LogP contribution >= 0.6 is 15.9 Å². The Hall–Kier alpha value is -1.19. The zero-order chi connectivity index (χ0) is 15.2. The van der Waals surface area contributed by atoms with E-state index in [1.165, 1.54) is 17.2 Å². The Morgan fingerprint density at radius 3 is 2.52 bits per heavy atom. The van der Waals surface area contributed by atoms with E-state index in [1.807, 2.05) is 12.1 Å². The standard InChI is InChI=1S/C18H21BrFN/c1-3-10-21-18(14-7-5-6-13(4-2)11-14)15-8-9-17(20)16(19)12-15/h5-9,11-12,18,21H,3-4,10H2,1-2H3. The van der Waals surface area contributed by atoms with Gasteiger partial charge in [-0.25, -0.2) is 4.39 Å². The zero-order valence-electron chi connectivity index (χ0n) is 12.5. The van der Waals surface area contributed by atoms with Crippen LogP contribution in [0.4, 0.5) is 4.39 Å². The van der Waals surface area contributed by atoms with Crippen LogP contribution in [0.2, 0.25) is 0 Å². The molecule has 0 saturated carbocycles. The van der Waals surface area contributed by atoms with Crippen LogP contribution in [0.5, 0.6) is 0 Å². The lowest BCUT2D eigenvalue weighted by Crippen LogP contribution is -2.23. The van der Waals surface area contributed by atoms with Gasteiger partial charge < -0.3 is 5.32 Å². The van der Waals surface area contributed by atoms with Crippen molar-refractivity contribution in [3.63, 3.8) is 0 Å². The third-order valence-corrected chi connectivity index (χ3v) is 4.18. The van der Waals surface area contributed by atoms with Crippen LogP contribution < -0.4 is 5.32 Å². The average Bonchev–Trinajstić information content (AvgIpc) is 2.51. The molecule has 0 bridgehead atoms. The molecule has 0 amide bonds. The highest BCUT2D eigenvalue weighted by Crippen LogP contribution is 2.27. The molecule has 21 heavy (non-hydrogen) atoms. The number of rotatable bonds is 6. The third-order valence-electron chi connectivity index (χ3n) is 3.57. The van der Waals surface area contributed by atoms with Crippen molar-refractivity contribution in [1.82, 2.24) is 5.32 Å². The molecule has 0 aliphatic rings. The Morgan fingerprint density at radius 1 is 1.10 bits per heavy atom. The van der Waals surface area contributed by atoms with Crippen LogP contribution in [-0.2, 0) is 6.42 Å². The molecule has 1 atom stereocenters. The van der Waals surface area contributed by atoms with E-state index in [9.17, 15) is 4.39 Å². The molecule has 1 unspecified atom stereocenters. The first-order chi connectivity index (χ1) is 10.2. The minimum Gasteiger partial charge on any atom is -0.306 e. The maximum absolute atomic E-state index is 13.5. The molecule has 0 aliphatic heterocycles. The summed E-state index contributed by atoms with van der Waals surface area (Å²) in [4.78, 5) is 0. The minimum absolute atomic E-state index is 0.0911. The first-order valence-corrected chi connectivity index (χ1v) is 8.22. The molecule has 0 aliphatic carbocycles. The molecule has 112 valence electrons. The summed E-state index contributed by atoms with van der Waals surface area (Å²) in [5.41, 5.74) is 3.61. The van der Waals surface area contributed by atoms with Crippen LogP contribution in [0.15, 0.2) is 46.9 Å². The molecular weight excluding hydrogens is 329 g/mol. The second kappa shape index (κ2) is 7.71. The van der Waals surface area contributed by atoms with Crippen LogP contribution in [0.25, 0.3) is 0 Å². The summed E-state index contributed by atoms with van der Waals surface area (Å²) in [5.74, 6) is -0.227. The van der Waals surface area contributed by atoms with Crippen molar-refractivity contribution >= 4 is 15.9 Å². The average molecular weight is 350 g/mol. The van der Waals surface area contributed by atoms with Crippen LogP contribution in [0.1, 0.15) is 43.0 Å². The molecule has 3 heteroatoms. The van der Waals surface area contributed by atoms with E-state index in [4.69, 9.17) is 0 Å². The van der Waals surface area contributed by atoms with Crippen molar-refractivity contribution < 1.29 is 4.39 Å². The topological polar surface area (TPSA) is 12.0 Å². The number of benzene rings is 2. The van der Waals surface area contributed by atoms with E-state index in [2.05, 4.69) is 59.4 Å². The quantitative estimate of drug-likeness (QED) is 0.751. The van der Waals surface area contributed by atoms with E-state index < -0.39 is 0 Å². The molecule has 0 heterocycles. The fraction of sp³-hybridized carbons (Fsp3) is 0.333. The van der Waals surface area contributed by atoms with Crippen molar-refractivity contribution in [2.24, 2.45) is 0 Å². The lowest BCUT2D eigenvalue weighted by Gasteiger charge is -2.20. The molecule has 2 aromatic carbocycles. The monoisotopic (exact) mass is 349 g/mol.